The van der Waals surface area contributed by atoms with Crippen LogP contribution in [0.5, 0.6) is 0 Å². The number of hydrogen-bond acceptors (Lipinski definition) is 2. The molecule has 0 unspecified atom stereocenters. The molecule has 0 saturated carbocycles. The van der Waals surface area contributed by atoms with Crippen LogP contribution in [-0.2, 0) is 4.79 Å². The number of carbonyl (C=O) groups is 1. The Kier molecular flexibility index (Phi) is 3.07. The van der Waals surface area contributed by atoms with Gasteiger partial charge in [0.1, 0.15) is 7.85 Å². The van der Waals surface area contributed by atoms with Crippen molar-refractivity contribution in [3.05, 3.63) is 42.7 Å². The molecule has 0 aliphatic carbocycles. The summed E-state index contributed by atoms with van der Waals surface area (Å²) >= 11 is 0. The summed E-state index contributed by atoms with van der Waals surface area (Å²) in [5.41, 5.74) is 3.65. The van der Waals surface area contributed by atoms with Crippen molar-refractivity contribution in [2.24, 2.45) is 0 Å². The van der Waals surface area contributed by atoms with E-state index in [0.717, 1.165) is 29.8 Å². The molecule has 1 fully saturated rings. The van der Waals surface area contributed by atoms with Gasteiger partial charge in [-0.25, -0.2) is 0 Å². The van der Waals surface area contributed by atoms with Gasteiger partial charge in [0.05, 0.1) is 0 Å². The monoisotopic (exact) mass is 248 g/mol. The number of nitrogens with zero attached hydrogens (tertiary/aromatic N) is 2. The predicted molar refractivity (Wildman–Crippen MR) is 76.6 cm³/mol. The van der Waals surface area contributed by atoms with E-state index in [1.54, 1.807) is 12.4 Å². The summed E-state index contributed by atoms with van der Waals surface area (Å²) in [6.07, 6.45) is 5.01. The first-order valence-electron chi connectivity index (χ1n) is 6.35. The highest BCUT2D eigenvalue weighted by Gasteiger charge is 2.21. The largest absolute Gasteiger partial charge is 0.312 e. The summed E-state index contributed by atoms with van der Waals surface area (Å²) in [5.74, 6) is 0.207. The van der Waals surface area contributed by atoms with E-state index in [1.165, 1.54) is 0 Å². The van der Waals surface area contributed by atoms with Crippen molar-refractivity contribution in [3.8, 4) is 11.1 Å². The van der Waals surface area contributed by atoms with Gasteiger partial charge in [-0.1, -0.05) is 23.7 Å². The van der Waals surface area contributed by atoms with Crippen LogP contribution in [0.25, 0.3) is 11.1 Å². The third-order valence-corrected chi connectivity index (χ3v) is 3.35. The van der Waals surface area contributed by atoms with Gasteiger partial charge in [0.25, 0.3) is 0 Å². The summed E-state index contributed by atoms with van der Waals surface area (Å²) in [5, 5.41) is 0. The topological polar surface area (TPSA) is 33.2 Å². The summed E-state index contributed by atoms with van der Waals surface area (Å²) in [7, 11) is 5.73. The van der Waals surface area contributed by atoms with E-state index in [9.17, 15) is 4.79 Å². The number of rotatable bonds is 2. The minimum absolute atomic E-state index is 0.207. The number of amides is 1. The Bertz CT molecular complexity index is 610. The van der Waals surface area contributed by atoms with Crippen LogP contribution in [0.1, 0.15) is 12.8 Å². The predicted octanol–water partition coefficient (Wildman–Crippen LogP) is 1.67. The van der Waals surface area contributed by atoms with Crippen molar-refractivity contribution in [1.82, 2.24) is 4.98 Å². The van der Waals surface area contributed by atoms with Gasteiger partial charge in [-0.2, -0.15) is 0 Å². The minimum atomic E-state index is 0.207. The van der Waals surface area contributed by atoms with E-state index < -0.39 is 0 Å². The maximum absolute atomic E-state index is 11.7. The number of benzene rings is 1. The molecule has 3 nitrogen and oxygen atoms in total. The smallest absolute Gasteiger partial charge is 0.227 e. The van der Waals surface area contributed by atoms with Crippen molar-refractivity contribution in [2.45, 2.75) is 12.8 Å². The van der Waals surface area contributed by atoms with Crippen LogP contribution in [0.4, 0.5) is 5.69 Å². The molecule has 92 valence electrons. The van der Waals surface area contributed by atoms with Crippen molar-refractivity contribution in [1.29, 1.82) is 0 Å². The van der Waals surface area contributed by atoms with E-state index in [2.05, 4.69) is 4.98 Å². The van der Waals surface area contributed by atoms with Gasteiger partial charge in [-0.3, -0.25) is 9.78 Å². The highest BCUT2D eigenvalue weighted by atomic mass is 16.2. The van der Waals surface area contributed by atoms with E-state index in [0.29, 0.717) is 11.9 Å². The van der Waals surface area contributed by atoms with Crippen molar-refractivity contribution >= 4 is 24.9 Å². The zero-order valence-corrected chi connectivity index (χ0v) is 10.5. The standard InChI is InChI=1S/C15H13BN2O/c16-13-8-12(9-17-10-13)11-3-5-14(6-4-11)18-7-1-2-15(18)19/h3-6,8-10H,1-2,7H2. The lowest BCUT2D eigenvalue weighted by Crippen LogP contribution is -2.23. The average molecular weight is 248 g/mol. The van der Waals surface area contributed by atoms with Crippen molar-refractivity contribution in [3.63, 3.8) is 0 Å². The third-order valence-electron chi connectivity index (χ3n) is 3.35. The molecule has 4 heteroatoms. The highest BCUT2D eigenvalue weighted by molar-refractivity contribution is 6.32. The van der Waals surface area contributed by atoms with Crippen LogP contribution < -0.4 is 10.4 Å². The summed E-state index contributed by atoms with van der Waals surface area (Å²) in [6.45, 7) is 0.817. The molecule has 1 aromatic carbocycles. The summed E-state index contributed by atoms with van der Waals surface area (Å²) in [6, 6.07) is 9.83. The lowest BCUT2D eigenvalue weighted by Gasteiger charge is -2.16. The molecule has 1 aromatic heterocycles. The maximum Gasteiger partial charge on any atom is 0.227 e. The van der Waals surface area contributed by atoms with Gasteiger partial charge in [0.2, 0.25) is 5.91 Å². The quantitative estimate of drug-likeness (QED) is 0.757. The second-order valence-corrected chi connectivity index (χ2v) is 4.70. The average Bonchev–Trinajstić information content (AvgIpc) is 2.85. The van der Waals surface area contributed by atoms with Crippen molar-refractivity contribution in [2.75, 3.05) is 11.4 Å². The van der Waals surface area contributed by atoms with Crippen LogP contribution in [0.2, 0.25) is 0 Å². The molecule has 2 aromatic rings. The Hall–Kier alpha value is -2.10. The third kappa shape index (κ3) is 2.39. The Morgan fingerprint density at radius 2 is 1.89 bits per heavy atom. The molecule has 0 atom stereocenters. The molecule has 0 spiro atoms. The molecule has 0 N–H and O–H groups in total. The SMILES string of the molecule is [B]c1cncc(-c2ccc(N3CCCC3=O)cc2)c1. The molecule has 1 amide bonds. The van der Waals surface area contributed by atoms with Gasteiger partial charge < -0.3 is 4.90 Å². The zero-order valence-electron chi connectivity index (χ0n) is 10.5. The van der Waals surface area contributed by atoms with Gasteiger partial charge in [-0.15, -0.1) is 0 Å². The highest BCUT2D eigenvalue weighted by Crippen LogP contribution is 2.25. The fourth-order valence-electron chi connectivity index (χ4n) is 2.37. The number of carbonyl (C=O) groups excluding carboxylic acids is 1. The molecule has 2 radical (unpaired) electrons. The number of pyridine rings is 1. The molecule has 1 saturated heterocycles. The number of anilines is 1. The Morgan fingerprint density at radius 3 is 2.53 bits per heavy atom. The van der Waals surface area contributed by atoms with E-state index in [-0.39, 0.29) is 5.91 Å². The lowest BCUT2D eigenvalue weighted by atomic mass is 9.95. The van der Waals surface area contributed by atoms with E-state index >= 15 is 0 Å². The fourth-order valence-corrected chi connectivity index (χ4v) is 2.37. The Morgan fingerprint density at radius 1 is 1.11 bits per heavy atom. The van der Waals surface area contributed by atoms with Crippen LogP contribution in [0.15, 0.2) is 42.7 Å². The second-order valence-electron chi connectivity index (χ2n) is 4.70. The first-order chi connectivity index (χ1) is 9.24. The van der Waals surface area contributed by atoms with Crippen LogP contribution in [0, 0.1) is 0 Å². The minimum Gasteiger partial charge on any atom is -0.312 e. The van der Waals surface area contributed by atoms with E-state index in [1.807, 2.05) is 35.2 Å². The normalized spacial score (nSPS) is 14.9. The van der Waals surface area contributed by atoms with Gasteiger partial charge in [0, 0.05) is 31.0 Å². The van der Waals surface area contributed by atoms with Gasteiger partial charge >= 0.3 is 0 Å². The van der Waals surface area contributed by atoms with Crippen molar-refractivity contribution < 1.29 is 4.79 Å². The van der Waals surface area contributed by atoms with Crippen LogP contribution >= 0.6 is 0 Å². The fraction of sp³-hybridized carbons (Fsp3) is 0.200. The Labute approximate surface area is 113 Å². The first-order valence-corrected chi connectivity index (χ1v) is 6.35. The molecule has 0 bridgehead atoms. The lowest BCUT2D eigenvalue weighted by molar-refractivity contribution is -0.117. The molecular weight excluding hydrogens is 235 g/mol. The molecule has 3 rings (SSSR count). The van der Waals surface area contributed by atoms with Crippen LogP contribution in [0.3, 0.4) is 0 Å². The molecule has 1 aliphatic heterocycles. The second kappa shape index (κ2) is 4.88. The molecular formula is C15H13BN2O. The van der Waals surface area contributed by atoms with Gasteiger partial charge in [-0.05, 0) is 29.7 Å². The zero-order chi connectivity index (χ0) is 13.2. The summed E-state index contributed by atoms with van der Waals surface area (Å²) < 4.78 is 0. The Balaban J connectivity index is 1.88. The van der Waals surface area contributed by atoms with E-state index in [4.69, 9.17) is 7.85 Å². The molecule has 2 heterocycles. The maximum atomic E-state index is 11.7. The number of aromatic nitrogens is 1. The van der Waals surface area contributed by atoms with Gasteiger partial charge in [0.15, 0.2) is 0 Å². The molecule has 1 aliphatic rings. The molecule has 19 heavy (non-hydrogen) atoms. The first kappa shape index (κ1) is 12.0. The number of hydrogen-bond donors (Lipinski definition) is 0. The van der Waals surface area contributed by atoms with Crippen LogP contribution in [-0.4, -0.2) is 25.3 Å². The summed E-state index contributed by atoms with van der Waals surface area (Å²) in [4.78, 5) is 17.6.